The van der Waals surface area contributed by atoms with Crippen LogP contribution >= 0.6 is 0 Å². The molecule has 0 aromatic carbocycles. The molecule has 1 amide bonds. The molecule has 0 bridgehead atoms. The molecule has 96 valence electrons. The van der Waals surface area contributed by atoms with Gasteiger partial charge < -0.3 is 11.1 Å². The van der Waals surface area contributed by atoms with Gasteiger partial charge in [0.25, 0.3) is 10.1 Å². The van der Waals surface area contributed by atoms with Crippen LogP contribution < -0.4 is 11.1 Å². The zero-order chi connectivity index (χ0) is 12.8. The van der Waals surface area contributed by atoms with Crippen LogP contribution in [-0.4, -0.2) is 36.7 Å². The first-order valence-electron chi connectivity index (χ1n) is 5.27. The van der Waals surface area contributed by atoms with Crippen LogP contribution in [0.4, 0.5) is 0 Å². The van der Waals surface area contributed by atoms with Crippen LogP contribution in [0.25, 0.3) is 0 Å². The van der Waals surface area contributed by atoms with Gasteiger partial charge in [-0.15, -0.1) is 0 Å². The summed E-state index contributed by atoms with van der Waals surface area (Å²) in [5.41, 5.74) is 4.51. The van der Waals surface area contributed by atoms with Gasteiger partial charge in [0, 0.05) is 0 Å². The molecule has 0 saturated carbocycles. The zero-order valence-corrected chi connectivity index (χ0v) is 10.5. The predicted octanol–water partition coefficient (Wildman–Crippen LogP) is -0.102. The minimum Gasteiger partial charge on any atom is -0.368 e. The van der Waals surface area contributed by atoms with E-state index in [0.717, 1.165) is 0 Å². The fourth-order valence-corrected chi connectivity index (χ4v) is 2.03. The fourth-order valence-electron chi connectivity index (χ4n) is 1.52. The van der Waals surface area contributed by atoms with Gasteiger partial charge >= 0.3 is 0 Å². The quantitative estimate of drug-likeness (QED) is 0.413. The number of carbonyl (C=O) groups excluding carboxylic acids is 1. The molecule has 7 heteroatoms. The maximum atomic E-state index is 11.3. The van der Waals surface area contributed by atoms with E-state index in [1.807, 2.05) is 13.8 Å². The molecular weight excluding hydrogens is 232 g/mol. The average Bonchev–Trinajstić information content (AvgIpc) is 2.17. The number of nitrogens with one attached hydrogen (secondary N) is 1. The molecule has 0 fully saturated rings. The summed E-state index contributed by atoms with van der Waals surface area (Å²) in [6.45, 7) is 4.00. The summed E-state index contributed by atoms with van der Waals surface area (Å²) in [6, 6.07) is 0. The summed E-state index contributed by atoms with van der Waals surface area (Å²) in [4.78, 5) is 11.3. The first-order chi connectivity index (χ1) is 7.27. The summed E-state index contributed by atoms with van der Waals surface area (Å²) < 4.78 is 29.5. The highest BCUT2D eigenvalue weighted by atomic mass is 32.2. The van der Waals surface area contributed by atoms with Gasteiger partial charge in [0.15, 0.2) is 0 Å². The molecule has 0 aromatic heterocycles. The standard InChI is InChI=1S/C9H20N2O4S/c1-3-9(4-2,8(10)12)11-6-5-7-16(13,14)15/h11H,3-7H2,1-2H3,(H2,10,12)(H,13,14,15). The molecule has 0 aliphatic carbocycles. The summed E-state index contributed by atoms with van der Waals surface area (Å²) in [5, 5.41) is 2.95. The molecule has 6 nitrogen and oxygen atoms in total. The van der Waals surface area contributed by atoms with E-state index in [0.29, 0.717) is 19.4 Å². The Labute approximate surface area is 96.3 Å². The highest BCUT2D eigenvalue weighted by Gasteiger charge is 2.31. The zero-order valence-electron chi connectivity index (χ0n) is 9.69. The van der Waals surface area contributed by atoms with Crippen LogP contribution in [0.1, 0.15) is 33.1 Å². The Kier molecular flexibility index (Phi) is 5.91. The highest BCUT2D eigenvalue weighted by Crippen LogP contribution is 2.14. The van der Waals surface area contributed by atoms with E-state index in [1.54, 1.807) is 0 Å². The Hall–Kier alpha value is -0.660. The number of hydrogen-bond acceptors (Lipinski definition) is 4. The fraction of sp³-hybridized carbons (Fsp3) is 0.889. The molecule has 0 aliphatic heterocycles. The molecule has 0 unspecified atom stereocenters. The number of rotatable bonds is 8. The lowest BCUT2D eigenvalue weighted by Crippen LogP contribution is -2.55. The maximum absolute atomic E-state index is 11.3. The van der Waals surface area contributed by atoms with Crippen LogP contribution in [0.15, 0.2) is 0 Å². The molecule has 4 N–H and O–H groups in total. The van der Waals surface area contributed by atoms with Crippen molar-refractivity contribution in [3.63, 3.8) is 0 Å². The monoisotopic (exact) mass is 252 g/mol. The third-order valence-corrected chi connectivity index (χ3v) is 3.53. The van der Waals surface area contributed by atoms with E-state index in [2.05, 4.69) is 5.32 Å². The molecule has 0 radical (unpaired) electrons. The lowest BCUT2D eigenvalue weighted by Gasteiger charge is -2.29. The van der Waals surface area contributed by atoms with Crippen LogP contribution in [0.3, 0.4) is 0 Å². The van der Waals surface area contributed by atoms with Crippen molar-refractivity contribution in [2.45, 2.75) is 38.6 Å². The topological polar surface area (TPSA) is 109 Å². The van der Waals surface area contributed by atoms with E-state index >= 15 is 0 Å². The summed E-state index contributed by atoms with van der Waals surface area (Å²) in [7, 11) is -3.93. The van der Waals surface area contributed by atoms with Gasteiger partial charge in [0.2, 0.25) is 5.91 Å². The Morgan fingerprint density at radius 1 is 1.38 bits per heavy atom. The van der Waals surface area contributed by atoms with Gasteiger partial charge in [-0.1, -0.05) is 13.8 Å². The number of amides is 1. The van der Waals surface area contributed by atoms with Gasteiger partial charge in [0.05, 0.1) is 11.3 Å². The van der Waals surface area contributed by atoms with Crippen molar-refractivity contribution < 1.29 is 17.8 Å². The Morgan fingerprint density at radius 2 is 1.88 bits per heavy atom. The van der Waals surface area contributed by atoms with Gasteiger partial charge in [-0.25, -0.2) is 0 Å². The van der Waals surface area contributed by atoms with Crippen LogP contribution in [0.5, 0.6) is 0 Å². The lowest BCUT2D eigenvalue weighted by molar-refractivity contribution is -0.124. The second-order valence-corrected chi connectivity index (χ2v) is 5.29. The molecule has 0 heterocycles. The smallest absolute Gasteiger partial charge is 0.264 e. The molecule has 0 spiro atoms. The number of hydrogen-bond donors (Lipinski definition) is 3. The normalized spacial score (nSPS) is 12.7. The van der Waals surface area contributed by atoms with Gasteiger partial charge in [0.1, 0.15) is 0 Å². The van der Waals surface area contributed by atoms with Crippen molar-refractivity contribution >= 4 is 16.0 Å². The van der Waals surface area contributed by atoms with E-state index in [9.17, 15) is 13.2 Å². The Balaban J connectivity index is 4.20. The van der Waals surface area contributed by atoms with Crippen molar-refractivity contribution in [3.8, 4) is 0 Å². The third-order valence-electron chi connectivity index (χ3n) is 2.72. The molecule has 0 rings (SSSR count). The second-order valence-electron chi connectivity index (χ2n) is 3.72. The molecule has 0 saturated heterocycles. The number of nitrogens with two attached hydrogens (primary N) is 1. The average molecular weight is 252 g/mol. The van der Waals surface area contributed by atoms with Crippen molar-refractivity contribution in [1.29, 1.82) is 0 Å². The van der Waals surface area contributed by atoms with Crippen molar-refractivity contribution in [1.82, 2.24) is 5.32 Å². The lowest BCUT2D eigenvalue weighted by atomic mass is 9.92. The van der Waals surface area contributed by atoms with Gasteiger partial charge in [-0.3, -0.25) is 9.35 Å². The predicted molar refractivity (Wildman–Crippen MR) is 61.5 cm³/mol. The highest BCUT2D eigenvalue weighted by molar-refractivity contribution is 7.85. The minimum absolute atomic E-state index is 0.244. The summed E-state index contributed by atoms with van der Waals surface area (Å²) >= 11 is 0. The molecule has 0 aliphatic rings. The second kappa shape index (κ2) is 6.17. The van der Waals surface area contributed by atoms with Crippen LogP contribution in [0.2, 0.25) is 0 Å². The first kappa shape index (κ1) is 15.3. The molecule has 0 atom stereocenters. The van der Waals surface area contributed by atoms with Crippen LogP contribution in [-0.2, 0) is 14.9 Å². The first-order valence-corrected chi connectivity index (χ1v) is 6.88. The maximum Gasteiger partial charge on any atom is 0.264 e. The van der Waals surface area contributed by atoms with E-state index in [1.165, 1.54) is 0 Å². The van der Waals surface area contributed by atoms with Gasteiger partial charge in [-0.05, 0) is 25.8 Å². The van der Waals surface area contributed by atoms with Gasteiger partial charge in [-0.2, -0.15) is 8.42 Å². The molecule has 16 heavy (non-hydrogen) atoms. The molecular formula is C9H20N2O4S. The third kappa shape index (κ3) is 4.91. The van der Waals surface area contributed by atoms with E-state index < -0.39 is 21.6 Å². The Morgan fingerprint density at radius 3 is 2.19 bits per heavy atom. The molecule has 0 aromatic rings. The SMILES string of the molecule is CCC(CC)(NCCCS(=O)(=O)O)C(N)=O. The number of carbonyl (C=O) groups is 1. The van der Waals surface area contributed by atoms with Crippen molar-refractivity contribution in [2.24, 2.45) is 5.73 Å². The van der Waals surface area contributed by atoms with E-state index in [-0.39, 0.29) is 12.2 Å². The minimum atomic E-state index is -3.93. The largest absolute Gasteiger partial charge is 0.368 e. The summed E-state index contributed by atoms with van der Waals surface area (Å²) in [6.07, 6.45) is 1.34. The van der Waals surface area contributed by atoms with Crippen molar-refractivity contribution in [2.75, 3.05) is 12.3 Å². The van der Waals surface area contributed by atoms with Crippen LogP contribution in [0, 0.1) is 0 Å². The number of primary amides is 1. The summed E-state index contributed by atoms with van der Waals surface area (Å²) in [5.74, 6) is -0.758. The Bertz CT molecular complexity index is 322. The van der Waals surface area contributed by atoms with Crippen molar-refractivity contribution in [3.05, 3.63) is 0 Å². The van der Waals surface area contributed by atoms with E-state index in [4.69, 9.17) is 10.3 Å².